The molecule has 0 fully saturated rings. The summed E-state index contributed by atoms with van der Waals surface area (Å²) in [6.07, 6.45) is -4.24. The second-order valence-electron chi connectivity index (χ2n) is 10.1. The summed E-state index contributed by atoms with van der Waals surface area (Å²) >= 11 is 1.40. The van der Waals surface area contributed by atoms with Crippen molar-refractivity contribution < 1.29 is 32.2 Å². The molecule has 0 saturated heterocycles. The van der Waals surface area contributed by atoms with Gasteiger partial charge in [-0.1, -0.05) is 42.5 Å². The first-order valence-corrected chi connectivity index (χ1v) is 14.0. The second kappa shape index (κ2) is 12.3. The third kappa shape index (κ3) is 7.47. The maximum atomic E-state index is 13.1. The third-order valence-corrected chi connectivity index (χ3v) is 7.70. The summed E-state index contributed by atoms with van der Waals surface area (Å²) < 4.78 is 56.8. The molecular weight excluding hydrogens is 551 g/mol. The zero-order chi connectivity index (χ0) is 29.8. The van der Waals surface area contributed by atoms with Gasteiger partial charge in [-0.05, 0) is 76.1 Å². The van der Waals surface area contributed by atoms with Crippen LogP contribution in [0, 0.1) is 13.8 Å². The molecule has 5 nitrogen and oxygen atoms in total. The van der Waals surface area contributed by atoms with Crippen molar-refractivity contribution in [3.05, 3.63) is 100 Å². The Kier molecular flexibility index (Phi) is 9.07. The predicted molar refractivity (Wildman–Crippen MR) is 153 cm³/mol. The van der Waals surface area contributed by atoms with Crippen molar-refractivity contribution in [2.24, 2.45) is 0 Å². The van der Waals surface area contributed by atoms with Gasteiger partial charge in [-0.25, -0.2) is 9.78 Å². The quantitative estimate of drug-likeness (QED) is 0.175. The fraction of sp³-hybridized carbons (Fsp3) is 0.312. The van der Waals surface area contributed by atoms with Crippen LogP contribution in [-0.2, 0) is 22.1 Å². The second-order valence-corrected chi connectivity index (χ2v) is 11.1. The number of aryl methyl sites for hydroxylation is 2. The first kappa shape index (κ1) is 30.1. The molecule has 0 aliphatic carbocycles. The Balaban J connectivity index is 1.62. The highest BCUT2D eigenvalue weighted by molar-refractivity contribution is 7.15. The van der Waals surface area contributed by atoms with Crippen molar-refractivity contribution in [2.75, 3.05) is 6.61 Å². The van der Waals surface area contributed by atoms with Crippen molar-refractivity contribution in [3.63, 3.8) is 0 Å². The average Bonchev–Trinajstić information content (AvgIpc) is 3.31. The zero-order valence-electron chi connectivity index (χ0n) is 23.5. The number of esters is 1. The van der Waals surface area contributed by atoms with E-state index in [9.17, 15) is 18.0 Å². The van der Waals surface area contributed by atoms with Crippen LogP contribution >= 0.6 is 11.3 Å². The van der Waals surface area contributed by atoms with Gasteiger partial charge in [0.05, 0.1) is 22.7 Å². The molecule has 216 valence electrons. The van der Waals surface area contributed by atoms with Gasteiger partial charge in [-0.3, -0.25) is 0 Å². The molecule has 0 radical (unpaired) electrons. The Bertz CT molecular complexity index is 1480. The number of rotatable bonds is 10. The molecule has 4 aromatic rings. The van der Waals surface area contributed by atoms with Crippen LogP contribution in [0.4, 0.5) is 13.2 Å². The number of halogens is 3. The first-order valence-electron chi connectivity index (χ1n) is 13.2. The minimum absolute atomic E-state index is 0.262. The van der Waals surface area contributed by atoms with E-state index in [2.05, 4.69) is 4.98 Å². The van der Waals surface area contributed by atoms with Crippen LogP contribution in [0.5, 0.6) is 11.5 Å². The van der Waals surface area contributed by atoms with Gasteiger partial charge in [0.15, 0.2) is 5.60 Å². The van der Waals surface area contributed by atoms with Gasteiger partial charge < -0.3 is 14.2 Å². The minimum atomic E-state index is -4.40. The number of carbonyl (C=O) groups is 1. The number of benzene rings is 3. The molecule has 41 heavy (non-hydrogen) atoms. The smallest absolute Gasteiger partial charge is 0.416 e. The van der Waals surface area contributed by atoms with Gasteiger partial charge in [0.25, 0.3) is 0 Å². The van der Waals surface area contributed by atoms with Crippen molar-refractivity contribution in [1.29, 1.82) is 0 Å². The van der Waals surface area contributed by atoms with Gasteiger partial charge in [-0.2, -0.15) is 13.2 Å². The molecule has 0 bridgehead atoms. The SMILES string of the molecule is CCOC(=O)C(C)(C)Oc1ccc(OC(Cc2ccccc2)c2sc(-c3ccc(C(F)(F)F)cc3)nc2C)cc1C. The molecule has 4 rings (SSSR count). The lowest BCUT2D eigenvalue weighted by Crippen LogP contribution is -2.39. The maximum absolute atomic E-state index is 13.1. The number of hydrogen-bond acceptors (Lipinski definition) is 6. The summed E-state index contributed by atoms with van der Waals surface area (Å²) in [5, 5.41) is 0.619. The number of ether oxygens (including phenoxy) is 3. The van der Waals surface area contributed by atoms with Crippen molar-refractivity contribution in [1.82, 2.24) is 4.98 Å². The van der Waals surface area contributed by atoms with Gasteiger partial charge in [-0.15, -0.1) is 11.3 Å². The Morgan fingerprint density at radius 3 is 2.27 bits per heavy atom. The van der Waals surface area contributed by atoms with Gasteiger partial charge in [0.1, 0.15) is 22.6 Å². The standard InChI is InChI=1S/C32H32F3NO4S/c1-6-38-30(37)31(4,5)40-26-17-16-25(18-20(26)2)39-27(19-22-10-8-7-9-11-22)28-21(3)36-29(41-28)23-12-14-24(15-13-23)32(33,34)35/h7-18,27H,6,19H2,1-5H3. The van der Waals surface area contributed by atoms with Crippen LogP contribution in [0.1, 0.15) is 54.1 Å². The lowest BCUT2D eigenvalue weighted by molar-refractivity contribution is -0.158. The fourth-order valence-electron chi connectivity index (χ4n) is 4.24. The van der Waals surface area contributed by atoms with Crippen molar-refractivity contribution in [3.8, 4) is 22.1 Å². The highest BCUT2D eigenvalue weighted by Crippen LogP contribution is 2.38. The van der Waals surface area contributed by atoms with E-state index >= 15 is 0 Å². The molecule has 1 unspecified atom stereocenters. The maximum Gasteiger partial charge on any atom is 0.416 e. The fourth-order valence-corrected chi connectivity index (χ4v) is 5.34. The number of nitrogens with zero attached hydrogens (tertiary/aromatic N) is 1. The number of alkyl halides is 3. The van der Waals surface area contributed by atoms with E-state index in [1.54, 1.807) is 32.9 Å². The summed E-state index contributed by atoms with van der Waals surface area (Å²) in [5.74, 6) is 0.689. The Morgan fingerprint density at radius 2 is 1.66 bits per heavy atom. The molecular formula is C32H32F3NO4S. The minimum Gasteiger partial charge on any atom is -0.484 e. The van der Waals surface area contributed by atoms with E-state index in [0.29, 0.717) is 28.5 Å². The zero-order valence-corrected chi connectivity index (χ0v) is 24.4. The number of thiazole rings is 1. The van der Waals surface area contributed by atoms with Crippen LogP contribution in [0.3, 0.4) is 0 Å². The van der Waals surface area contributed by atoms with Gasteiger partial charge in [0, 0.05) is 12.0 Å². The highest BCUT2D eigenvalue weighted by Gasteiger charge is 2.32. The summed E-state index contributed by atoms with van der Waals surface area (Å²) in [6, 6.07) is 20.3. The van der Waals surface area contributed by atoms with Crippen LogP contribution in [0.15, 0.2) is 72.8 Å². The number of aromatic nitrogens is 1. The largest absolute Gasteiger partial charge is 0.484 e. The van der Waals surface area contributed by atoms with E-state index in [4.69, 9.17) is 14.2 Å². The van der Waals surface area contributed by atoms with Crippen LogP contribution in [0.2, 0.25) is 0 Å². The van der Waals surface area contributed by atoms with Gasteiger partial charge in [0.2, 0.25) is 0 Å². The Labute approximate surface area is 241 Å². The first-order chi connectivity index (χ1) is 19.4. The normalized spacial score (nSPS) is 12.6. The van der Waals surface area contributed by atoms with Crippen molar-refractivity contribution in [2.45, 2.75) is 58.9 Å². The van der Waals surface area contributed by atoms with Crippen LogP contribution < -0.4 is 9.47 Å². The van der Waals surface area contributed by atoms with E-state index < -0.39 is 29.4 Å². The monoisotopic (exact) mass is 583 g/mol. The molecule has 0 spiro atoms. The lowest BCUT2D eigenvalue weighted by atomic mass is 10.1. The molecule has 0 saturated carbocycles. The van der Waals surface area contributed by atoms with E-state index in [0.717, 1.165) is 33.8 Å². The third-order valence-electron chi connectivity index (χ3n) is 6.40. The number of carbonyl (C=O) groups excluding carboxylic acids is 1. The molecule has 0 amide bonds. The number of hydrogen-bond donors (Lipinski definition) is 0. The molecule has 0 aliphatic heterocycles. The summed E-state index contributed by atoms with van der Waals surface area (Å²) in [7, 11) is 0. The summed E-state index contributed by atoms with van der Waals surface area (Å²) in [4.78, 5) is 17.8. The van der Waals surface area contributed by atoms with E-state index in [-0.39, 0.29) is 6.61 Å². The molecule has 1 aromatic heterocycles. The van der Waals surface area contributed by atoms with Crippen LogP contribution in [-0.4, -0.2) is 23.2 Å². The average molecular weight is 584 g/mol. The Morgan fingerprint density at radius 1 is 0.976 bits per heavy atom. The molecule has 1 heterocycles. The van der Waals surface area contributed by atoms with E-state index in [1.807, 2.05) is 50.2 Å². The molecule has 3 aromatic carbocycles. The predicted octanol–water partition coefficient (Wildman–Crippen LogP) is 8.53. The highest BCUT2D eigenvalue weighted by atomic mass is 32.1. The summed E-state index contributed by atoms with van der Waals surface area (Å²) in [6.45, 7) is 9.07. The molecule has 1 atom stereocenters. The molecule has 9 heteroatoms. The summed E-state index contributed by atoms with van der Waals surface area (Å²) in [5.41, 5.74) is 1.34. The topological polar surface area (TPSA) is 57.7 Å². The van der Waals surface area contributed by atoms with Crippen molar-refractivity contribution >= 4 is 17.3 Å². The lowest BCUT2D eigenvalue weighted by Gasteiger charge is -2.25. The molecule has 0 N–H and O–H groups in total. The molecule has 0 aliphatic rings. The van der Waals surface area contributed by atoms with E-state index in [1.165, 1.54) is 23.5 Å². The Hall–Kier alpha value is -3.85. The van der Waals surface area contributed by atoms with Crippen LogP contribution in [0.25, 0.3) is 10.6 Å². The van der Waals surface area contributed by atoms with Gasteiger partial charge >= 0.3 is 12.1 Å².